The van der Waals surface area contributed by atoms with Crippen molar-refractivity contribution in [2.24, 2.45) is 0 Å². The Morgan fingerprint density at radius 1 is 1.05 bits per heavy atom. The van der Waals surface area contributed by atoms with Gasteiger partial charge in [0, 0.05) is 43.3 Å². The van der Waals surface area contributed by atoms with Crippen LogP contribution < -0.4 is 10.6 Å². The number of rotatable bonds is 4. The fourth-order valence-electron chi connectivity index (χ4n) is 2.45. The first kappa shape index (κ1) is 13.4. The van der Waals surface area contributed by atoms with E-state index in [-0.39, 0.29) is 0 Å². The molecule has 0 fully saturated rings. The van der Waals surface area contributed by atoms with Crippen LogP contribution in [0.1, 0.15) is 5.56 Å². The van der Waals surface area contributed by atoms with Crippen molar-refractivity contribution in [1.82, 2.24) is 9.97 Å². The van der Waals surface area contributed by atoms with E-state index in [0.717, 1.165) is 35.2 Å². The molecule has 2 N–H and O–H groups in total. The number of benzene rings is 1. The maximum absolute atomic E-state index is 6.02. The summed E-state index contributed by atoms with van der Waals surface area (Å²) < 4.78 is 0. The third-order valence-corrected chi connectivity index (χ3v) is 3.68. The predicted molar refractivity (Wildman–Crippen MR) is 87.4 cm³/mol. The first-order valence-corrected chi connectivity index (χ1v) is 6.99. The minimum Gasteiger partial charge on any atom is -0.398 e. The number of likely N-dealkylation sites (N-methyl/N-ethyl adjacent to an activating group) is 1. The van der Waals surface area contributed by atoms with Crippen molar-refractivity contribution in [3.63, 3.8) is 0 Å². The van der Waals surface area contributed by atoms with Gasteiger partial charge in [-0.3, -0.25) is 9.97 Å². The summed E-state index contributed by atoms with van der Waals surface area (Å²) in [5.41, 5.74) is 10.1. The third-order valence-electron chi connectivity index (χ3n) is 3.68. The van der Waals surface area contributed by atoms with Gasteiger partial charge in [-0.25, -0.2) is 0 Å². The van der Waals surface area contributed by atoms with Crippen molar-refractivity contribution in [2.45, 2.75) is 6.42 Å². The van der Waals surface area contributed by atoms with Gasteiger partial charge in [0.05, 0.1) is 11.2 Å². The molecule has 0 atom stereocenters. The Hall–Kier alpha value is -2.62. The Balaban J connectivity index is 1.85. The quantitative estimate of drug-likeness (QED) is 0.746. The Morgan fingerprint density at radius 2 is 1.86 bits per heavy atom. The lowest BCUT2D eigenvalue weighted by molar-refractivity contribution is 0.877. The molecule has 1 aromatic carbocycles. The molecule has 2 aromatic heterocycles. The molecule has 0 radical (unpaired) electrons. The van der Waals surface area contributed by atoms with Crippen molar-refractivity contribution in [3.8, 4) is 0 Å². The average Bonchev–Trinajstić information content (AvgIpc) is 2.54. The van der Waals surface area contributed by atoms with E-state index >= 15 is 0 Å². The van der Waals surface area contributed by atoms with Crippen LogP contribution in [0.5, 0.6) is 0 Å². The van der Waals surface area contributed by atoms with Crippen LogP contribution in [-0.4, -0.2) is 23.6 Å². The number of aromatic nitrogens is 2. The van der Waals surface area contributed by atoms with Crippen LogP contribution >= 0.6 is 0 Å². The normalized spacial score (nSPS) is 10.7. The van der Waals surface area contributed by atoms with Crippen LogP contribution in [0.3, 0.4) is 0 Å². The smallest absolute Gasteiger partial charge is 0.0955 e. The molecule has 21 heavy (non-hydrogen) atoms. The minimum atomic E-state index is 0.768. The topological polar surface area (TPSA) is 55.0 Å². The molecular weight excluding hydrogens is 260 g/mol. The minimum absolute atomic E-state index is 0.768. The molecule has 3 rings (SSSR count). The van der Waals surface area contributed by atoms with Crippen LogP contribution in [0.4, 0.5) is 11.4 Å². The number of anilines is 2. The molecule has 2 heterocycles. The molecule has 0 aliphatic rings. The fraction of sp³-hybridized carbons (Fsp3) is 0.176. The second-order valence-electron chi connectivity index (χ2n) is 5.10. The summed E-state index contributed by atoms with van der Waals surface area (Å²) in [5.74, 6) is 0. The van der Waals surface area contributed by atoms with E-state index in [1.807, 2.05) is 55.0 Å². The maximum Gasteiger partial charge on any atom is 0.0955 e. The summed E-state index contributed by atoms with van der Waals surface area (Å²) in [4.78, 5) is 10.7. The molecule has 0 aliphatic heterocycles. The molecule has 0 bridgehead atoms. The summed E-state index contributed by atoms with van der Waals surface area (Å²) in [6, 6.07) is 12.0. The largest absolute Gasteiger partial charge is 0.398 e. The van der Waals surface area contributed by atoms with E-state index < -0.39 is 0 Å². The van der Waals surface area contributed by atoms with Gasteiger partial charge in [0.15, 0.2) is 0 Å². The van der Waals surface area contributed by atoms with Crippen molar-refractivity contribution in [1.29, 1.82) is 0 Å². The lowest BCUT2D eigenvalue weighted by atomic mass is 10.1. The van der Waals surface area contributed by atoms with Crippen molar-refractivity contribution < 1.29 is 0 Å². The van der Waals surface area contributed by atoms with Gasteiger partial charge < -0.3 is 10.6 Å². The van der Waals surface area contributed by atoms with Crippen LogP contribution in [0.15, 0.2) is 55.0 Å². The van der Waals surface area contributed by atoms with Gasteiger partial charge in [0.25, 0.3) is 0 Å². The number of nitrogens with two attached hydrogens (primary N) is 1. The summed E-state index contributed by atoms with van der Waals surface area (Å²) in [6.07, 6.45) is 6.44. The summed E-state index contributed by atoms with van der Waals surface area (Å²) in [7, 11) is 2.08. The number of pyridine rings is 2. The van der Waals surface area contributed by atoms with Crippen LogP contribution in [0, 0.1) is 0 Å². The highest BCUT2D eigenvalue weighted by Crippen LogP contribution is 2.28. The summed E-state index contributed by atoms with van der Waals surface area (Å²) in [6.45, 7) is 0.916. The monoisotopic (exact) mass is 278 g/mol. The van der Waals surface area contributed by atoms with Gasteiger partial charge in [-0.05, 0) is 48.4 Å². The summed E-state index contributed by atoms with van der Waals surface area (Å²) >= 11 is 0. The molecule has 3 aromatic rings. The molecule has 4 heteroatoms. The molecular formula is C17H18N4. The number of nitrogen functional groups attached to an aromatic ring is 1. The van der Waals surface area contributed by atoms with Crippen molar-refractivity contribution in [2.75, 3.05) is 24.2 Å². The molecule has 0 aliphatic carbocycles. The van der Waals surface area contributed by atoms with Crippen LogP contribution in [0.2, 0.25) is 0 Å². The van der Waals surface area contributed by atoms with Gasteiger partial charge in [0.1, 0.15) is 0 Å². The van der Waals surface area contributed by atoms with Crippen LogP contribution in [0.25, 0.3) is 10.9 Å². The zero-order valence-electron chi connectivity index (χ0n) is 12.0. The average molecular weight is 278 g/mol. The van der Waals surface area contributed by atoms with Crippen molar-refractivity contribution >= 4 is 22.3 Å². The highest BCUT2D eigenvalue weighted by molar-refractivity contribution is 5.98. The van der Waals surface area contributed by atoms with E-state index in [2.05, 4.69) is 21.9 Å². The molecule has 0 saturated carbocycles. The van der Waals surface area contributed by atoms with Gasteiger partial charge in [0.2, 0.25) is 0 Å². The van der Waals surface area contributed by atoms with E-state index in [4.69, 9.17) is 5.73 Å². The summed E-state index contributed by atoms with van der Waals surface area (Å²) in [5, 5.41) is 1.01. The van der Waals surface area contributed by atoms with Gasteiger partial charge in [-0.2, -0.15) is 0 Å². The molecule has 0 unspecified atom stereocenters. The van der Waals surface area contributed by atoms with E-state index in [9.17, 15) is 0 Å². The van der Waals surface area contributed by atoms with E-state index in [1.165, 1.54) is 5.56 Å². The Bertz CT molecular complexity index is 740. The number of hydrogen-bond donors (Lipinski definition) is 1. The van der Waals surface area contributed by atoms with Crippen molar-refractivity contribution in [3.05, 3.63) is 60.6 Å². The number of nitrogens with zero attached hydrogens (tertiary/aromatic N) is 3. The maximum atomic E-state index is 6.02. The number of hydrogen-bond acceptors (Lipinski definition) is 4. The molecule has 106 valence electrons. The highest BCUT2D eigenvalue weighted by Gasteiger charge is 2.09. The first-order valence-electron chi connectivity index (χ1n) is 6.99. The molecule has 0 saturated heterocycles. The standard InChI is InChI=1S/C17H18N4/c1-21(12-8-13-6-10-19-11-7-13)16-5-4-15(18)14-3-2-9-20-17(14)16/h2-7,9-11H,8,12,18H2,1H3. The molecule has 4 nitrogen and oxygen atoms in total. The van der Waals surface area contributed by atoms with E-state index in [1.54, 1.807) is 0 Å². The SMILES string of the molecule is CN(CCc1ccncc1)c1ccc(N)c2cccnc12. The first-order chi connectivity index (χ1) is 10.3. The molecule has 0 spiro atoms. The highest BCUT2D eigenvalue weighted by atomic mass is 15.1. The fourth-order valence-corrected chi connectivity index (χ4v) is 2.45. The Labute approximate surface area is 124 Å². The van der Waals surface area contributed by atoms with E-state index in [0.29, 0.717) is 0 Å². The third kappa shape index (κ3) is 2.79. The zero-order valence-corrected chi connectivity index (χ0v) is 12.0. The second kappa shape index (κ2) is 5.79. The van der Waals surface area contributed by atoms with Gasteiger partial charge >= 0.3 is 0 Å². The van der Waals surface area contributed by atoms with Crippen LogP contribution in [-0.2, 0) is 6.42 Å². The van der Waals surface area contributed by atoms with Gasteiger partial charge in [-0.1, -0.05) is 0 Å². The number of fused-ring (bicyclic) bond motifs is 1. The lowest BCUT2D eigenvalue weighted by Gasteiger charge is -2.21. The lowest BCUT2D eigenvalue weighted by Crippen LogP contribution is -2.20. The molecule has 0 amide bonds. The Morgan fingerprint density at radius 3 is 2.67 bits per heavy atom. The predicted octanol–water partition coefficient (Wildman–Crippen LogP) is 2.89. The zero-order chi connectivity index (χ0) is 14.7. The van der Waals surface area contributed by atoms with Gasteiger partial charge in [-0.15, -0.1) is 0 Å². The second-order valence-corrected chi connectivity index (χ2v) is 5.10. The Kier molecular flexibility index (Phi) is 3.69.